The van der Waals surface area contributed by atoms with Crippen molar-refractivity contribution >= 4 is 19.8 Å². The number of hydrogen-bond acceptors (Lipinski definition) is 1. The normalized spacial score (nSPS) is 11.9. The predicted molar refractivity (Wildman–Crippen MR) is 68.6 cm³/mol. The lowest BCUT2D eigenvalue weighted by Gasteiger charge is -2.05. The van der Waals surface area contributed by atoms with Crippen LogP contribution in [0.25, 0.3) is 0 Å². The summed E-state index contributed by atoms with van der Waals surface area (Å²) in [5, 5.41) is 0. The molecule has 0 aliphatic carbocycles. The van der Waals surface area contributed by atoms with Crippen molar-refractivity contribution in [2.24, 2.45) is 0 Å². The summed E-state index contributed by atoms with van der Waals surface area (Å²) in [5.41, 5.74) is -0.302. The molecule has 0 spiro atoms. The van der Waals surface area contributed by atoms with Gasteiger partial charge in [-0.15, -0.1) is 5.54 Å². The fraction of sp³-hybridized carbons (Fsp3) is 0.333. The van der Waals surface area contributed by atoms with Crippen LogP contribution < -0.4 is 0 Å². The summed E-state index contributed by atoms with van der Waals surface area (Å²) in [5.74, 6) is 3.00. The summed E-state index contributed by atoms with van der Waals surface area (Å²) in [6.07, 6.45) is 0. The maximum Gasteiger partial charge on any atom is 0.446 e. The Morgan fingerprint density at radius 1 is 1.06 bits per heavy atom. The molecule has 0 saturated carbocycles. The highest BCUT2D eigenvalue weighted by molar-refractivity contribution is 8.00. The summed E-state index contributed by atoms with van der Waals surface area (Å²) >= 11 is -0.106. The molecule has 0 aliphatic heterocycles. The van der Waals surface area contributed by atoms with E-state index in [1.54, 1.807) is 12.1 Å². The first-order valence-corrected chi connectivity index (χ1v) is 9.36. The van der Waals surface area contributed by atoms with Gasteiger partial charge in [-0.3, -0.25) is 0 Å². The van der Waals surface area contributed by atoms with Gasteiger partial charge in [-0.25, -0.2) is 0 Å². The second-order valence-electron chi connectivity index (χ2n) is 4.57. The molecule has 5 heteroatoms. The van der Waals surface area contributed by atoms with E-state index in [9.17, 15) is 13.2 Å². The monoisotopic (exact) mass is 274 g/mol. The Balaban J connectivity index is 2.78. The van der Waals surface area contributed by atoms with Crippen molar-refractivity contribution in [1.29, 1.82) is 0 Å². The Kier molecular flexibility index (Phi) is 4.34. The third-order valence-electron chi connectivity index (χ3n) is 1.67. The largest absolute Gasteiger partial charge is 0.446 e. The Labute approximate surface area is 105 Å². The summed E-state index contributed by atoms with van der Waals surface area (Å²) in [7, 11) is -1.44. The minimum Gasteiger partial charge on any atom is -0.160 e. The van der Waals surface area contributed by atoms with Gasteiger partial charge in [0, 0.05) is 10.5 Å². The number of alkyl halides is 3. The van der Waals surface area contributed by atoms with Gasteiger partial charge in [0.25, 0.3) is 0 Å². The molecule has 17 heavy (non-hydrogen) atoms. The zero-order valence-electron chi connectivity index (χ0n) is 9.85. The van der Waals surface area contributed by atoms with Crippen molar-refractivity contribution < 1.29 is 13.2 Å². The van der Waals surface area contributed by atoms with E-state index in [1.807, 2.05) is 0 Å². The average molecular weight is 274 g/mol. The molecule has 0 radical (unpaired) electrons. The molecule has 0 unspecified atom stereocenters. The number of halogens is 3. The van der Waals surface area contributed by atoms with Crippen LogP contribution in [0.1, 0.15) is 5.56 Å². The van der Waals surface area contributed by atoms with Crippen LogP contribution in [0.3, 0.4) is 0 Å². The Hall–Kier alpha value is -0.863. The van der Waals surface area contributed by atoms with Gasteiger partial charge >= 0.3 is 5.51 Å². The van der Waals surface area contributed by atoms with Crippen LogP contribution in [-0.4, -0.2) is 13.6 Å². The minimum atomic E-state index is -4.23. The Morgan fingerprint density at radius 3 is 2.00 bits per heavy atom. The fourth-order valence-electron chi connectivity index (χ4n) is 1.000. The molecular weight excluding hydrogens is 261 g/mol. The van der Waals surface area contributed by atoms with Gasteiger partial charge in [0.05, 0.1) is 0 Å². The third kappa shape index (κ3) is 6.44. The minimum absolute atomic E-state index is 0.106. The molecule has 92 valence electrons. The quantitative estimate of drug-likeness (QED) is 0.412. The predicted octanol–water partition coefficient (Wildman–Crippen LogP) is 4.53. The standard InChI is InChI=1S/C12H13F3SSi/c1-17(2,3)9-8-10-4-6-11(7-5-10)16-12(13,14)15/h4-7H,1-3H3. The zero-order chi connectivity index (χ0) is 13.1. The maximum atomic E-state index is 12.1. The van der Waals surface area contributed by atoms with Gasteiger partial charge in [-0.1, -0.05) is 25.6 Å². The van der Waals surface area contributed by atoms with Crippen molar-refractivity contribution in [3.05, 3.63) is 29.8 Å². The van der Waals surface area contributed by atoms with Gasteiger partial charge < -0.3 is 0 Å². The molecule has 0 N–H and O–H groups in total. The van der Waals surface area contributed by atoms with Crippen LogP contribution in [0, 0.1) is 11.5 Å². The van der Waals surface area contributed by atoms with Crippen LogP contribution in [0.5, 0.6) is 0 Å². The molecule has 0 bridgehead atoms. The van der Waals surface area contributed by atoms with Crippen molar-refractivity contribution in [3.63, 3.8) is 0 Å². The molecular formula is C12H13F3SSi. The van der Waals surface area contributed by atoms with Crippen LogP contribution in [-0.2, 0) is 0 Å². The highest BCUT2D eigenvalue weighted by atomic mass is 32.2. The van der Waals surface area contributed by atoms with E-state index in [0.29, 0.717) is 0 Å². The molecule has 0 nitrogen and oxygen atoms in total. The molecule has 0 aromatic heterocycles. The Morgan fingerprint density at radius 2 is 1.59 bits per heavy atom. The molecule has 0 heterocycles. The number of rotatable bonds is 1. The molecule has 1 aromatic rings. The first-order valence-electron chi connectivity index (χ1n) is 5.05. The van der Waals surface area contributed by atoms with Gasteiger partial charge in [-0.05, 0) is 36.0 Å². The van der Waals surface area contributed by atoms with Gasteiger partial charge in [0.2, 0.25) is 0 Å². The fourth-order valence-corrected chi connectivity index (χ4v) is 2.06. The zero-order valence-corrected chi connectivity index (χ0v) is 11.7. The molecule has 1 rings (SSSR count). The lowest BCUT2D eigenvalue weighted by Crippen LogP contribution is -2.16. The van der Waals surface area contributed by atoms with Crippen LogP contribution in [0.15, 0.2) is 29.2 Å². The molecule has 0 atom stereocenters. The average Bonchev–Trinajstić information content (AvgIpc) is 2.13. The molecule has 0 aliphatic rings. The van der Waals surface area contributed by atoms with E-state index in [0.717, 1.165) is 5.56 Å². The molecule has 0 fully saturated rings. The van der Waals surface area contributed by atoms with Crippen molar-refractivity contribution in [2.75, 3.05) is 0 Å². The van der Waals surface area contributed by atoms with Crippen molar-refractivity contribution in [1.82, 2.24) is 0 Å². The van der Waals surface area contributed by atoms with Gasteiger partial charge in [0.1, 0.15) is 8.07 Å². The summed E-state index contributed by atoms with van der Waals surface area (Å²) in [6, 6.07) is 6.15. The molecule has 1 aromatic carbocycles. The van der Waals surface area contributed by atoms with E-state index in [2.05, 4.69) is 31.1 Å². The van der Waals surface area contributed by atoms with Gasteiger partial charge in [-0.2, -0.15) is 13.2 Å². The topological polar surface area (TPSA) is 0 Å². The molecule has 0 saturated heterocycles. The first kappa shape index (κ1) is 14.2. The van der Waals surface area contributed by atoms with E-state index in [1.165, 1.54) is 12.1 Å². The SMILES string of the molecule is C[Si](C)(C)C#Cc1ccc(SC(F)(F)F)cc1. The first-order chi connectivity index (χ1) is 7.66. The van der Waals surface area contributed by atoms with Crippen LogP contribution >= 0.6 is 11.8 Å². The summed E-state index contributed by atoms with van der Waals surface area (Å²) in [4.78, 5) is 0.191. The van der Waals surface area contributed by atoms with E-state index < -0.39 is 13.6 Å². The molecule has 0 amide bonds. The van der Waals surface area contributed by atoms with Crippen LogP contribution in [0.4, 0.5) is 13.2 Å². The maximum absolute atomic E-state index is 12.1. The number of benzene rings is 1. The summed E-state index contributed by atoms with van der Waals surface area (Å²) in [6.45, 7) is 6.36. The third-order valence-corrected chi connectivity index (χ3v) is 3.28. The van der Waals surface area contributed by atoms with E-state index in [-0.39, 0.29) is 16.7 Å². The highest BCUT2D eigenvalue weighted by Gasteiger charge is 2.28. The second-order valence-corrected chi connectivity index (χ2v) is 10.5. The van der Waals surface area contributed by atoms with Crippen molar-refractivity contribution in [2.45, 2.75) is 30.0 Å². The Bertz CT molecular complexity index is 432. The van der Waals surface area contributed by atoms with E-state index >= 15 is 0 Å². The lowest BCUT2D eigenvalue weighted by atomic mass is 10.2. The summed E-state index contributed by atoms with van der Waals surface area (Å²) < 4.78 is 36.3. The smallest absolute Gasteiger partial charge is 0.160 e. The highest BCUT2D eigenvalue weighted by Crippen LogP contribution is 2.36. The second kappa shape index (κ2) is 5.19. The van der Waals surface area contributed by atoms with Crippen molar-refractivity contribution in [3.8, 4) is 11.5 Å². The lowest BCUT2D eigenvalue weighted by molar-refractivity contribution is -0.0328. The van der Waals surface area contributed by atoms with Gasteiger partial charge in [0.15, 0.2) is 0 Å². The van der Waals surface area contributed by atoms with Crippen LogP contribution in [0.2, 0.25) is 19.6 Å². The number of thioether (sulfide) groups is 1. The number of hydrogen-bond donors (Lipinski definition) is 0. The van der Waals surface area contributed by atoms with E-state index in [4.69, 9.17) is 0 Å².